The van der Waals surface area contributed by atoms with E-state index in [9.17, 15) is 9.90 Å². The number of hydrogen-bond donors (Lipinski definition) is 2. The number of rotatable bonds is 6. The topological polar surface area (TPSA) is 52.6 Å². The van der Waals surface area contributed by atoms with Crippen molar-refractivity contribution >= 4 is 5.91 Å². The quantitative estimate of drug-likeness (QED) is 0.851. The third-order valence-electron chi connectivity index (χ3n) is 4.78. The summed E-state index contributed by atoms with van der Waals surface area (Å²) in [5.74, 6) is -0.153. The zero-order valence-corrected chi connectivity index (χ0v) is 14.7. The van der Waals surface area contributed by atoms with Crippen molar-refractivity contribution in [1.82, 2.24) is 10.2 Å². The van der Waals surface area contributed by atoms with Crippen LogP contribution in [0, 0.1) is 0 Å². The first-order chi connectivity index (χ1) is 12.0. The summed E-state index contributed by atoms with van der Waals surface area (Å²) < 4.78 is 0. The molecule has 1 atom stereocenters. The van der Waals surface area contributed by atoms with Crippen molar-refractivity contribution in [1.29, 1.82) is 0 Å². The van der Waals surface area contributed by atoms with E-state index in [2.05, 4.69) is 16.3 Å². The molecule has 1 amide bonds. The first-order valence-electron chi connectivity index (χ1n) is 8.92. The maximum Gasteiger partial charge on any atom is 0.251 e. The molecule has 0 aromatic heterocycles. The van der Waals surface area contributed by atoms with E-state index in [4.69, 9.17) is 0 Å². The molecule has 2 N–H and O–H groups in total. The van der Waals surface area contributed by atoms with Gasteiger partial charge in [0.05, 0.1) is 6.54 Å². The van der Waals surface area contributed by atoms with Crippen LogP contribution in [-0.2, 0) is 12.1 Å². The van der Waals surface area contributed by atoms with Crippen LogP contribution in [0.15, 0.2) is 54.6 Å². The highest BCUT2D eigenvalue weighted by molar-refractivity contribution is 5.94. The van der Waals surface area contributed by atoms with Gasteiger partial charge in [-0.15, -0.1) is 0 Å². The van der Waals surface area contributed by atoms with Gasteiger partial charge in [-0.05, 0) is 56.1 Å². The molecule has 2 aromatic rings. The fourth-order valence-corrected chi connectivity index (χ4v) is 3.26. The van der Waals surface area contributed by atoms with Crippen LogP contribution in [0.3, 0.4) is 0 Å². The van der Waals surface area contributed by atoms with E-state index < -0.39 is 5.60 Å². The van der Waals surface area contributed by atoms with Gasteiger partial charge in [-0.3, -0.25) is 9.69 Å². The minimum Gasteiger partial charge on any atom is -0.384 e. The molecule has 0 spiro atoms. The molecular weight excluding hydrogens is 312 g/mol. The average molecular weight is 338 g/mol. The van der Waals surface area contributed by atoms with E-state index >= 15 is 0 Å². The van der Waals surface area contributed by atoms with Gasteiger partial charge in [0.1, 0.15) is 5.60 Å². The summed E-state index contributed by atoms with van der Waals surface area (Å²) in [5.41, 5.74) is 1.49. The summed E-state index contributed by atoms with van der Waals surface area (Å²) in [5, 5.41) is 13.5. The number of benzene rings is 2. The second-order valence-electron chi connectivity index (χ2n) is 7.01. The maximum atomic E-state index is 12.5. The fraction of sp³-hybridized carbons (Fsp3) is 0.381. The highest BCUT2D eigenvalue weighted by Gasteiger charge is 2.23. The number of nitrogens with one attached hydrogen (secondary N) is 1. The summed E-state index contributed by atoms with van der Waals surface area (Å²) >= 11 is 0. The highest BCUT2D eigenvalue weighted by atomic mass is 16.3. The van der Waals surface area contributed by atoms with Gasteiger partial charge in [-0.1, -0.05) is 42.5 Å². The Hall–Kier alpha value is -2.17. The Kier molecular flexibility index (Phi) is 5.51. The average Bonchev–Trinajstić information content (AvgIpc) is 3.14. The van der Waals surface area contributed by atoms with Crippen LogP contribution in [0.1, 0.15) is 41.3 Å². The van der Waals surface area contributed by atoms with E-state index in [0.29, 0.717) is 5.56 Å². The van der Waals surface area contributed by atoms with Gasteiger partial charge in [0.15, 0.2) is 0 Å². The Morgan fingerprint density at radius 2 is 1.84 bits per heavy atom. The molecule has 1 unspecified atom stereocenters. The Labute approximate surface area is 149 Å². The molecule has 1 fully saturated rings. The van der Waals surface area contributed by atoms with Crippen LogP contribution >= 0.6 is 0 Å². The number of likely N-dealkylation sites (tertiary alicyclic amines) is 1. The predicted octanol–water partition coefficient (Wildman–Crippen LogP) is 2.92. The van der Waals surface area contributed by atoms with E-state index in [1.165, 1.54) is 12.8 Å². The van der Waals surface area contributed by atoms with Crippen LogP contribution in [0.5, 0.6) is 0 Å². The molecule has 4 nitrogen and oxygen atoms in total. The van der Waals surface area contributed by atoms with Crippen molar-refractivity contribution in [2.75, 3.05) is 19.6 Å². The molecule has 3 rings (SSSR count). The molecular formula is C21H26N2O2. The molecule has 1 aliphatic heterocycles. The largest absolute Gasteiger partial charge is 0.384 e. The van der Waals surface area contributed by atoms with Gasteiger partial charge in [-0.25, -0.2) is 0 Å². The Bertz CT molecular complexity index is 707. The van der Waals surface area contributed by atoms with Gasteiger partial charge in [0, 0.05) is 12.1 Å². The summed E-state index contributed by atoms with van der Waals surface area (Å²) in [7, 11) is 0. The zero-order valence-electron chi connectivity index (χ0n) is 14.7. The molecule has 132 valence electrons. The fourth-order valence-electron chi connectivity index (χ4n) is 3.26. The summed E-state index contributed by atoms with van der Waals surface area (Å²) in [4.78, 5) is 14.9. The third kappa shape index (κ3) is 4.68. The van der Waals surface area contributed by atoms with Crippen molar-refractivity contribution in [3.8, 4) is 0 Å². The lowest BCUT2D eigenvalue weighted by molar-refractivity contribution is 0.0526. The van der Waals surface area contributed by atoms with Crippen molar-refractivity contribution in [2.45, 2.75) is 31.9 Å². The lowest BCUT2D eigenvalue weighted by atomic mass is 9.96. The zero-order chi connectivity index (χ0) is 17.7. The summed E-state index contributed by atoms with van der Waals surface area (Å²) in [6.45, 7) is 5.05. The summed E-state index contributed by atoms with van der Waals surface area (Å²) in [6, 6.07) is 17.2. The molecule has 1 heterocycles. The molecule has 25 heavy (non-hydrogen) atoms. The maximum absolute atomic E-state index is 12.5. The number of nitrogens with zero attached hydrogens (tertiary/aromatic N) is 1. The van der Waals surface area contributed by atoms with Gasteiger partial charge in [0.2, 0.25) is 0 Å². The lowest BCUT2D eigenvalue weighted by Crippen LogP contribution is -2.38. The van der Waals surface area contributed by atoms with Crippen molar-refractivity contribution < 1.29 is 9.90 Å². The Morgan fingerprint density at radius 3 is 2.56 bits per heavy atom. The van der Waals surface area contributed by atoms with Gasteiger partial charge < -0.3 is 10.4 Å². The van der Waals surface area contributed by atoms with E-state index in [-0.39, 0.29) is 12.5 Å². The number of amides is 1. The molecule has 1 aliphatic rings. The van der Waals surface area contributed by atoms with Crippen molar-refractivity contribution in [2.24, 2.45) is 0 Å². The number of aliphatic hydroxyl groups is 1. The first kappa shape index (κ1) is 17.6. The predicted molar refractivity (Wildman–Crippen MR) is 99.3 cm³/mol. The van der Waals surface area contributed by atoms with Crippen LogP contribution in [-0.4, -0.2) is 35.5 Å². The molecule has 0 saturated carbocycles. The number of hydrogen-bond acceptors (Lipinski definition) is 3. The van der Waals surface area contributed by atoms with E-state index in [0.717, 1.165) is 30.8 Å². The number of carbonyl (C=O) groups is 1. The van der Waals surface area contributed by atoms with Crippen molar-refractivity contribution in [3.63, 3.8) is 0 Å². The molecule has 0 radical (unpaired) electrons. The molecule has 1 saturated heterocycles. The van der Waals surface area contributed by atoms with Gasteiger partial charge >= 0.3 is 0 Å². The molecule has 0 aliphatic carbocycles. The van der Waals surface area contributed by atoms with Crippen LogP contribution in [0.4, 0.5) is 0 Å². The monoisotopic (exact) mass is 338 g/mol. The first-order valence-corrected chi connectivity index (χ1v) is 8.92. The standard InChI is InChI=1S/C21H26N2O2/c1-21(25,19-10-3-2-4-11-19)16-22-20(24)18-9-7-8-17(14-18)15-23-12-5-6-13-23/h2-4,7-11,14,25H,5-6,12-13,15-16H2,1H3,(H,22,24). The number of carbonyl (C=O) groups excluding carboxylic acids is 1. The van der Waals surface area contributed by atoms with Crippen LogP contribution in [0.2, 0.25) is 0 Å². The van der Waals surface area contributed by atoms with Crippen LogP contribution < -0.4 is 5.32 Å². The third-order valence-corrected chi connectivity index (χ3v) is 4.78. The Morgan fingerprint density at radius 1 is 1.12 bits per heavy atom. The molecule has 0 bridgehead atoms. The van der Waals surface area contributed by atoms with Crippen LogP contribution in [0.25, 0.3) is 0 Å². The van der Waals surface area contributed by atoms with E-state index in [1.54, 1.807) is 6.92 Å². The second kappa shape index (κ2) is 7.81. The highest BCUT2D eigenvalue weighted by Crippen LogP contribution is 2.19. The van der Waals surface area contributed by atoms with Gasteiger partial charge in [-0.2, -0.15) is 0 Å². The lowest BCUT2D eigenvalue weighted by Gasteiger charge is -2.24. The minimum atomic E-state index is -1.09. The molecule has 2 aromatic carbocycles. The molecule has 4 heteroatoms. The minimum absolute atomic E-state index is 0.153. The van der Waals surface area contributed by atoms with Gasteiger partial charge in [0.25, 0.3) is 5.91 Å². The SMILES string of the molecule is CC(O)(CNC(=O)c1cccc(CN2CCCC2)c1)c1ccccc1. The smallest absolute Gasteiger partial charge is 0.251 e. The second-order valence-corrected chi connectivity index (χ2v) is 7.01. The normalized spacial score (nSPS) is 17.2. The van der Waals surface area contributed by atoms with Crippen molar-refractivity contribution in [3.05, 3.63) is 71.3 Å². The summed E-state index contributed by atoms with van der Waals surface area (Å²) in [6.07, 6.45) is 2.52. The Balaban J connectivity index is 1.61. The van der Waals surface area contributed by atoms with E-state index in [1.807, 2.05) is 48.5 Å².